The number of nitrogen functional groups attached to an aromatic ring is 4. The second-order valence-electron chi connectivity index (χ2n) is 23.6. The van der Waals surface area contributed by atoms with Crippen LogP contribution in [0.1, 0.15) is 53.1 Å². The Labute approximate surface area is 592 Å². The number of nitrogens with one attached hydrogen (secondary N) is 1. The van der Waals surface area contributed by atoms with E-state index in [0.29, 0.717) is 0 Å². The van der Waals surface area contributed by atoms with Crippen LogP contribution in [-0.2, 0) is 92.0 Å². The number of aliphatic hydroxyl groups is 2. The lowest BCUT2D eigenvalue weighted by atomic mass is 10.1. The van der Waals surface area contributed by atoms with Gasteiger partial charge in [0, 0.05) is 36.7 Å². The number of ether oxygens (including phenoxy) is 4. The summed E-state index contributed by atoms with van der Waals surface area (Å²) in [6.07, 6.45) is -18.1. The minimum Gasteiger partial charge on any atom is -0.397 e. The minimum atomic E-state index is -5.17. The molecular formula is C53H68F2N18O25P4S2. The van der Waals surface area contributed by atoms with E-state index in [2.05, 4.69) is 49.8 Å². The summed E-state index contributed by atoms with van der Waals surface area (Å²) in [5.41, 5.74) is 24.2. The topological polar surface area (TPSA) is 585 Å². The third-order valence-corrected chi connectivity index (χ3v) is 23.2. The molecule has 6 aliphatic rings. The molecule has 14 heterocycles. The molecule has 0 amide bonds. The van der Waals surface area contributed by atoms with Crippen LogP contribution >= 0.6 is 54.8 Å². The first-order chi connectivity index (χ1) is 49.0. The highest BCUT2D eigenvalue weighted by Crippen LogP contribution is 2.59. The first kappa shape index (κ1) is 77.1. The lowest BCUT2D eigenvalue weighted by Crippen LogP contribution is -2.35. The summed E-state index contributed by atoms with van der Waals surface area (Å²) in [6, 6.07) is 2.99. The van der Waals surface area contributed by atoms with Crippen molar-refractivity contribution in [3.8, 4) is 0 Å². The normalized spacial score (nSPS) is 34.1. The van der Waals surface area contributed by atoms with Crippen molar-refractivity contribution >= 4 is 133 Å². The Balaban J connectivity index is 0.000000194. The number of hydrogen-bond acceptors (Lipinski definition) is 38. The molecule has 14 rings (SSSR count). The lowest BCUT2D eigenvalue weighted by molar-refractivity contribution is -0.113. The Bertz CT molecular complexity index is 4760. The Kier molecular flexibility index (Phi) is 22.9. The standard InChI is InChI=1S/C27H34FN9O12P2S.C25H30FN9O13P2S.CH4/c1-12(2)27(39)52-6-5-43-51(42)45-8-15-20(16(28)25(47-15)36-10-34-17-13(29)3-4-31-23(17)36)48-50(40,41)44-7-14-19(38)21(49-51)26(46-14)37-11-35-18-22(30)32-9-33-24(18)37;1-10(36)51-5-4-42-50(41)44-7-13-18(14(26)23(46-13)34-8-30-15-11(27)2-3-29-20(15)34)47-49(39,40)43-6-12-17(37)19(48-50)24(45-12)35-9-31-16-21(35)32-25(28)33-22(16)38;/h3-4,9-12,14-16,19-21,25-26,38H,5-8H2,1-2H3,(H2,29,31)(H,40,41)(H2,30,32,33);2-3,8-9,12-14,17-19,23-24,37H,4-7H2,1H3,(H2,27,29)(H,39,40)(H3,28,32,33,38);1H4/t14-,15-,16+,19+,20?,21?,25-,26-,51?;12-,13-,14+,17+,18?,19?,23-,24-,50?;/m11./s1. The molecule has 104 heavy (non-hydrogen) atoms. The zero-order valence-corrected chi connectivity index (χ0v) is 58.7. The van der Waals surface area contributed by atoms with Crippen LogP contribution in [0.25, 0.3) is 44.7 Å². The molecule has 0 saturated carbocycles. The van der Waals surface area contributed by atoms with Crippen LogP contribution in [0.5, 0.6) is 0 Å². The van der Waals surface area contributed by atoms with Crippen LogP contribution < -0.4 is 28.5 Å². The Morgan fingerprint density at radius 3 is 1.49 bits per heavy atom. The maximum Gasteiger partial charge on any atom is 0.475 e. The number of H-pyrrole nitrogens is 1. The Hall–Kier alpha value is -6.56. The highest BCUT2D eigenvalue weighted by Gasteiger charge is 2.58. The number of aromatic nitrogens is 14. The van der Waals surface area contributed by atoms with E-state index in [9.17, 15) is 52.6 Å². The second-order valence-corrected chi connectivity index (χ2v) is 32.0. The fourth-order valence-electron chi connectivity index (χ4n) is 11.5. The fraction of sp³-hybridized carbons (Fsp3) is 0.547. The van der Waals surface area contributed by atoms with Crippen molar-refractivity contribution in [3.63, 3.8) is 0 Å². The number of rotatable bonds is 13. The van der Waals surface area contributed by atoms with Crippen LogP contribution in [-0.4, -0.2) is 223 Å². The molecule has 6 fully saturated rings. The maximum atomic E-state index is 16.3. The van der Waals surface area contributed by atoms with Crippen LogP contribution in [0, 0.1) is 5.92 Å². The van der Waals surface area contributed by atoms with E-state index < -0.39 is 162 Å². The van der Waals surface area contributed by atoms with Gasteiger partial charge in [-0.05, 0) is 12.1 Å². The third kappa shape index (κ3) is 15.9. The quantitative estimate of drug-likeness (QED) is 0.0591. The number of fused-ring (bicyclic) bond motifs is 10. The van der Waals surface area contributed by atoms with Crippen molar-refractivity contribution in [3.05, 3.63) is 66.5 Å². The number of nitrogens with zero attached hydrogens (tertiary/aromatic N) is 13. The van der Waals surface area contributed by atoms with E-state index in [1.165, 1.54) is 64.1 Å². The fourth-order valence-corrected chi connectivity index (χ4v) is 17.6. The van der Waals surface area contributed by atoms with E-state index in [1.807, 2.05) is 0 Å². The average molecular weight is 1580 g/mol. The number of aromatic amines is 1. The zero-order chi connectivity index (χ0) is 73.2. The summed E-state index contributed by atoms with van der Waals surface area (Å²) in [5.74, 6) is -0.496. The van der Waals surface area contributed by atoms with Gasteiger partial charge < -0.3 is 61.9 Å². The first-order valence-electron chi connectivity index (χ1n) is 30.8. The molecule has 20 atom stereocenters. The van der Waals surface area contributed by atoms with Gasteiger partial charge >= 0.3 is 31.3 Å². The predicted molar refractivity (Wildman–Crippen MR) is 356 cm³/mol. The number of pyridine rings is 2. The largest absolute Gasteiger partial charge is 0.475 e. The summed E-state index contributed by atoms with van der Waals surface area (Å²) in [4.78, 5) is 97.0. The first-order valence-corrected chi connectivity index (χ1v) is 38.7. The molecule has 51 heteroatoms. The van der Waals surface area contributed by atoms with E-state index in [-0.39, 0.29) is 116 Å². The van der Waals surface area contributed by atoms with E-state index >= 15 is 8.78 Å². The minimum absolute atomic E-state index is 0. The molecule has 0 aliphatic carbocycles. The Morgan fingerprint density at radius 1 is 0.587 bits per heavy atom. The molecule has 43 nitrogen and oxygen atoms in total. The van der Waals surface area contributed by atoms with Gasteiger partial charge in [0.25, 0.3) is 5.56 Å². The highest BCUT2D eigenvalue weighted by atomic mass is 32.2. The van der Waals surface area contributed by atoms with Crippen LogP contribution in [0.2, 0.25) is 0 Å². The molecule has 8 unspecified atom stereocenters. The monoisotopic (exact) mass is 1580 g/mol. The van der Waals surface area contributed by atoms with E-state index in [1.54, 1.807) is 13.8 Å². The smallest absolute Gasteiger partial charge is 0.397 e. The second kappa shape index (κ2) is 31.0. The molecular weight excluding hydrogens is 1510 g/mol. The number of carbonyl (C=O) groups is 2. The molecule has 8 aromatic rings. The number of carbonyl (C=O) groups excluding carboxylic acids is 2. The van der Waals surface area contributed by atoms with Crippen LogP contribution in [0.3, 0.4) is 0 Å². The summed E-state index contributed by atoms with van der Waals surface area (Å²) < 4.78 is 172. The summed E-state index contributed by atoms with van der Waals surface area (Å²) in [5, 5.41) is 22.3. The third-order valence-electron chi connectivity index (χ3n) is 16.4. The number of aliphatic hydroxyl groups excluding tert-OH is 2. The van der Waals surface area contributed by atoms with Gasteiger partial charge in [-0.1, -0.05) is 44.8 Å². The average Bonchev–Trinajstić information content (AvgIpc) is 1.62. The van der Waals surface area contributed by atoms with E-state index in [0.717, 1.165) is 40.7 Å². The van der Waals surface area contributed by atoms with Gasteiger partial charge in [0.1, 0.15) is 83.9 Å². The van der Waals surface area contributed by atoms with Crippen molar-refractivity contribution in [1.29, 1.82) is 0 Å². The number of halogens is 2. The number of imidazole rings is 4. The van der Waals surface area contributed by atoms with E-state index in [4.69, 9.17) is 87.1 Å². The number of thioether (sulfide) groups is 2. The summed E-state index contributed by atoms with van der Waals surface area (Å²) >= 11 is 1.78. The molecule has 6 saturated heterocycles. The molecule has 0 radical (unpaired) electrons. The van der Waals surface area contributed by atoms with Crippen molar-refractivity contribution < 1.29 is 121 Å². The zero-order valence-electron chi connectivity index (χ0n) is 53.5. The number of anilines is 4. The molecule has 6 aliphatic heterocycles. The SMILES string of the molecule is C.CC(=O)SCCOP1(=O)OC[C@H]2O[C@@H](n3cnc4c(N)ccnc43)[C@@H](F)C2OP(=O)(O)OC[C@H]2O[C@@H](n3cnc4c(=O)[nH]c(N)nc43)C(O1)[C@H]2O.CC(C)C(=O)SCCOP1(=O)OC[C@H]2O[C@@H](n3cnc4c(N)ccnc43)[C@@H](F)C2OP(=O)(O)OC[C@H]2O[C@@H](n3cnc4c(N)ncnc43)C(O1)[C@H]2O. The summed E-state index contributed by atoms with van der Waals surface area (Å²) in [7, 11) is -20.0. The van der Waals surface area contributed by atoms with Crippen molar-refractivity contribution in [2.45, 2.75) is 126 Å². The van der Waals surface area contributed by atoms with Crippen molar-refractivity contribution in [2.75, 3.05) is 74.1 Å². The molecule has 8 aromatic heterocycles. The number of alkyl halides is 2. The molecule has 0 spiro atoms. The van der Waals surface area contributed by atoms with Gasteiger partial charge in [-0.3, -0.25) is 82.9 Å². The summed E-state index contributed by atoms with van der Waals surface area (Å²) in [6.45, 7) is 0.778. The maximum absolute atomic E-state index is 16.3. The predicted octanol–water partition coefficient (Wildman–Crippen LogP) is 3.07. The number of hydrogen-bond donors (Lipinski definition) is 9. The number of nitrogens with two attached hydrogens (primary N) is 4. The highest BCUT2D eigenvalue weighted by molar-refractivity contribution is 8.13. The van der Waals surface area contributed by atoms with Crippen LogP contribution in [0.15, 0.2) is 61.0 Å². The van der Waals surface area contributed by atoms with Gasteiger partial charge in [0.15, 0.2) is 81.4 Å². The molecule has 4 bridgehead atoms. The van der Waals surface area contributed by atoms with Crippen molar-refractivity contribution in [1.82, 2.24) is 68.1 Å². The van der Waals surface area contributed by atoms with Crippen LogP contribution in [0.4, 0.5) is 31.9 Å². The lowest BCUT2D eigenvalue weighted by Gasteiger charge is -2.27. The van der Waals surface area contributed by atoms with Gasteiger partial charge in [0.2, 0.25) is 5.95 Å². The molecule has 566 valence electrons. The van der Waals surface area contributed by atoms with Gasteiger partial charge in [-0.15, -0.1) is 0 Å². The van der Waals surface area contributed by atoms with Gasteiger partial charge in [-0.2, -0.15) is 4.98 Å². The number of phosphoric acid groups is 4. The van der Waals surface area contributed by atoms with Gasteiger partial charge in [-0.25, -0.2) is 66.9 Å². The van der Waals surface area contributed by atoms with Gasteiger partial charge in [0.05, 0.1) is 76.3 Å². The molecule has 13 N–H and O–H groups in total. The molecule has 0 aromatic carbocycles. The Morgan fingerprint density at radius 2 is 1.01 bits per heavy atom. The number of phosphoric ester groups is 4. The van der Waals surface area contributed by atoms with Crippen molar-refractivity contribution in [2.24, 2.45) is 5.92 Å².